The van der Waals surface area contributed by atoms with Crippen molar-refractivity contribution in [2.75, 3.05) is 19.4 Å². The predicted octanol–water partition coefficient (Wildman–Crippen LogP) is 3.74. The van der Waals surface area contributed by atoms with Crippen LogP contribution in [0.2, 0.25) is 0 Å². The van der Waals surface area contributed by atoms with Crippen molar-refractivity contribution in [1.82, 2.24) is 4.98 Å². The van der Waals surface area contributed by atoms with Gasteiger partial charge in [0.15, 0.2) is 0 Å². The second kappa shape index (κ2) is 7.00. The van der Waals surface area contributed by atoms with Crippen molar-refractivity contribution in [2.45, 2.75) is 10.3 Å². The normalized spacial score (nSPS) is 17.6. The third-order valence-electron chi connectivity index (χ3n) is 3.11. The van der Waals surface area contributed by atoms with Crippen LogP contribution in [0, 0.1) is 0 Å². The highest BCUT2D eigenvalue weighted by molar-refractivity contribution is 8.16. The number of methoxy groups -OCH3 is 1. The number of pyridine rings is 1. The lowest BCUT2D eigenvalue weighted by molar-refractivity contribution is 0.415. The van der Waals surface area contributed by atoms with Gasteiger partial charge in [0.05, 0.1) is 23.7 Å². The SMILES string of the molecule is COc1ccc(C2=NC[C@@H](CSc3ccccn3)S2)cc1. The van der Waals surface area contributed by atoms with Crippen LogP contribution in [0.1, 0.15) is 5.56 Å². The summed E-state index contributed by atoms with van der Waals surface area (Å²) in [6, 6.07) is 14.1. The molecule has 3 rings (SSSR count). The molecule has 108 valence electrons. The van der Waals surface area contributed by atoms with E-state index in [-0.39, 0.29) is 0 Å². The van der Waals surface area contributed by atoms with Gasteiger partial charge in [-0.05, 0) is 36.4 Å². The first-order valence-corrected chi connectivity index (χ1v) is 8.61. The summed E-state index contributed by atoms with van der Waals surface area (Å²) in [5.74, 6) is 1.91. The van der Waals surface area contributed by atoms with E-state index in [0.29, 0.717) is 5.25 Å². The van der Waals surface area contributed by atoms with Crippen LogP contribution in [0.4, 0.5) is 0 Å². The molecule has 0 amide bonds. The van der Waals surface area contributed by atoms with Crippen LogP contribution < -0.4 is 4.74 Å². The van der Waals surface area contributed by atoms with Crippen molar-refractivity contribution in [1.29, 1.82) is 0 Å². The molecule has 3 nitrogen and oxygen atoms in total. The number of hydrogen-bond acceptors (Lipinski definition) is 5. The predicted molar refractivity (Wildman–Crippen MR) is 90.7 cm³/mol. The van der Waals surface area contributed by atoms with Crippen LogP contribution in [0.25, 0.3) is 0 Å². The second-order valence-corrected chi connectivity index (χ2v) is 6.92. The molecule has 2 aromatic rings. The molecule has 1 aromatic carbocycles. The standard InChI is InChI=1S/C16H16N2OS2/c1-19-13-7-5-12(6-8-13)16-18-10-14(21-16)11-20-15-4-2-3-9-17-15/h2-9,14H,10-11H2,1H3/t14-/m0/s1. The molecule has 1 atom stereocenters. The Morgan fingerprint density at radius 3 is 2.81 bits per heavy atom. The number of hydrogen-bond donors (Lipinski definition) is 0. The number of rotatable bonds is 5. The molecule has 0 aliphatic carbocycles. The van der Waals surface area contributed by atoms with Crippen molar-refractivity contribution in [3.05, 3.63) is 54.2 Å². The van der Waals surface area contributed by atoms with Crippen LogP contribution in [0.3, 0.4) is 0 Å². The molecule has 0 saturated carbocycles. The van der Waals surface area contributed by atoms with Crippen LogP contribution in [0.15, 0.2) is 58.7 Å². The molecule has 21 heavy (non-hydrogen) atoms. The van der Waals surface area contributed by atoms with Gasteiger partial charge in [0.25, 0.3) is 0 Å². The summed E-state index contributed by atoms with van der Waals surface area (Å²) in [5.41, 5.74) is 1.17. The van der Waals surface area contributed by atoms with Gasteiger partial charge in [-0.1, -0.05) is 6.07 Å². The lowest BCUT2D eigenvalue weighted by Crippen LogP contribution is -2.06. The van der Waals surface area contributed by atoms with E-state index in [1.54, 1.807) is 18.9 Å². The zero-order valence-corrected chi connectivity index (χ0v) is 13.4. The smallest absolute Gasteiger partial charge is 0.118 e. The van der Waals surface area contributed by atoms with Gasteiger partial charge in [0.2, 0.25) is 0 Å². The van der Waals surface area contributed by atoms with E-state index in [1.165, 1.54) is 5.56 Å². The van der Waals surface area contributed by atoms with E-state index in [4.69, 9.17) is 4.74 Å². The van der Waals surface area contributed by atoms with Gasteiger partial charge in [0, 0.05) is 22.8 Å². The summed E-state index contributed by atoms with van der Waals surface area (Å²) < 4.78 is 5.18. The summed E-state index contributed by atoms with van der Waals surface area (Å²) in [5, 5.41) is 2.73. The van der Waals surface area contributed by atoms with E-state index in [2.05, 4.69) is 28.2 Å². The first kappa shape index (κ1) is 14.5. The van der Waals surface area contributed by atoms with Gasteiger partial charge < -0.3 is 4.74 Å². The Balaban J connectivity index is 1.54. The van der Waals surface area contributed by atoms with Gasteiger partial charge in [-0.2, -0.15) is 0 Å². The molecule has 0 bridgehead atoms. The minimum absolute atomic E-state index is 0.522. The molecule has 0 spiro atoms. The molecular formula is C16H16N2OS2. The molecule has 0 N–H and O–H groups in total. The number of aliphatic imine (C=N–C) groups is 1. The van der Waals surface area contributed by atoms with E-state index in [0.717, 1.165) is 28.1 Å². The van der Waals surface area contributed by atoms with Crippen LogP contribution in [-0.4, -0.2) is 34.7 Å². The zero-order chi connectivity index (χ0) is 14.5. The molecule has 0 fully saturated rings. The minimum Gasteiger partial charge on any atom is -0.497 e. The highest BCUT2D eigenvalue weighted by Gasteiger charge is 2.21. The van der Waals surface area contributed by atoms with Crippen LogP contribution in [-0.2, 0) is 0 Å². The molecule has 0 radical (unpaired) electrons. The maximum absolute atomic E-state index is 5.18. The van der Waals surface area contributed by atoms with Gasteiger partial charge in [-0.25, -0.2) is 4.98 Å². The summed E-state index contributed by atoms with van der Waals surface area (Å²) in [6.45, 7) is 0.881. The number of thioether (sulfide) groups is 2. The average Bonchev–Trinajstić information content (AvgIpc) is 3.03. The van der Waals surface area contributed by atoms with E-state index >= 15 is 0 Å². The Kier molecular flexibility index (Phi) is 4.83. The summed E-state index contributed by atoms with van der Waals surface area (Å²) in [4.78, 5) is 9.00. The van der Waals surface area contributed by atoms with Crippen molar-refractivity contribution < 1.29 is 4.74 Å². The van der Waals surface area contributed by atoms with Gasteiger partial charge in [-0.3, -0.25) is 4.99 Å². The van der Waals surface area contributed by atoms with Crippen molar-refractivity contribution in [3.8, 4) is 5.75 Å². The Hall–Kier alpha value is -1.46. The summed E-state index contributed by atoms with van der Waals surface area (Å²) >= 11 is 3.65. The number of benzene rings is 1. The molecule has 0 unspecified atom stereocenters. The van der Waals surface area contributed by atoms with Crippen LogP contribution >= 0.6 is 23.5 Å². The highest BCUT2D eigenvalue weighted by atomic mass is 32.2. The number of ether oxygens (including phenoxy) is 1. The Morgan fingerprint density at radius 2 is 2.10 bits per heavy atom. The highest BCUT2D eigenvalue weighted by Crippen LogP contribution is 2.30. The molecule has 0 saturated heterocycles. The van der Waals surface area contributed by atoms with E-state index < -0.39 is 0 Å². The van der Waals surface area contributed by atoms with Crippen molar-refractivity contribution in [2.24, 2.45) is 4.99 Å². The van der Waals surface area contributed by atoms with Crippen LogP contribution in [0.5, 0.6) is 5.75 Å². The Labute approximate surface area is 133 Å². The topological polar surface area (TPSA) is 34.5 Å². The summed E-state index contributed by atoms with van der Waals surface area (Å²) in [6.07, 6.45) is 1.84. The van der Waals surface area contributed by atoms with Gasteiger partial charge in [-0.15, -0.1) is 23.5 Å². The quantitative estimate of drug-likeness (QED) is 0.787. The fraction of sp³-hybridized carbons (Fsp3) is 0.250. The molecule has 1 aliphatic heterocycles. The maximum Gasteiger partial charge on any atom is 0.118 e. The first-order valence-electron chi connectivity index (χ1n) is 6.74. The van der Waals surface area contributed by atoms with Crippen molar-refractivity contribution >= 4 is 28.6 Å². The lowest BCUT2D eigenvalue weighted by Gasteiger charge is -2.07. The first-order chi connectivity index (χ1) is 10.3. The lowest BCUT2D eigenvalue weighted by atomic mass is 10.2. The Morgan fingerprint density at radius 1 is 1.24 bits per heavy atom. The fourth-order valence-corrected chi connectivity index (χ4v) is 4.14. The van der Waals surface area contributed by atoms with Gasteiger partial charge in [0.1, 0.15) is 5.75 Å². The monoisotopic (exact) mass is 316 g/mol. The molecule has 1 aromatic heterocycles. The van der Waals surface area contributed by atoms with Crippen molar-refractivity contribution in [3.63, 3.8) is 0 Å². The van der Waals surface area contributed by atoms with E-state index in [1.807, 2.05) is 42.2 Å². The number of nitrogens with zero attached hydrogens (tertiary/aromatic N) is 2. The molecule has 5 heteroatoms. The summed E-state index contributed by atoms with van der Waals surface area (Å²) in [7, 11) is 1.68. The zero-order valence-electron chi connectivity index (χ0n) is 11.7. The largest absolute Gasteiger partial charge is 0.497 e. The average molecular weight is 316 g/mol. The number of aromatic nitrogens is 1. The van der Waals surface area contributed by atoms with E-state index in [9.17, 15) is 0 Å². The molecule has 1 aliphatic rings. The molecular weight excluding hydrogens is 300 g/mol. The fourth-order valence-electron chi connectivity index (χ4n) is 2.01. The second-order valence-electron chi connectivity index (χ2n) is 4.59. The minimum atomic E-state index is 0.522. The maximum atomic E-state index is 5.18. The third kappa shape index (κ3) is 3.80. The molecule has 2 heterocycles. The Bertz CT molecular complexity index is 614. The third-order valence-corrected chi connectivity index (χ3v) is 5.66. The van der Waals surface area contributed by atoms with Gasteiger partial charge >= 0.3 is 0 Å².